The highest BCUT2D eigenvalue weighted by Gasteiger charge is 2.14. The van der Waals surface area contributed by atoms with Crippen LogP contribution < -0.4 is 0 Å². The van der Waals surface area contributed by atoms with Gasteiger partial charge in [-0.1, -0.05) is 19.9 Å². The number of hydrogen-bond donors (Lipinski definition) is 1. The van der Waals surface area contributed by atoms with Gasteiger partial charge in [0.1, 0.15) is 5.76 Å². The van der Waals surface area contributed by atoms with Gasteiger partial charge >= 0.3 is 0 Å². The molecule has 0 amide bonds. The Morgan fingerprint density at radius 2 is 2.17 bits per heavy atom. The van der Waals surface area contributed by atoms with Gasteiger partial charge in [0, 0.05) is 6.04 Å². The number of hydrogen-bond acceptors (Lipinski definition) is 2. The van der Waals surface area contributed by atoms with Gasteiger partial charge in [-0.25, -0.2) is 0 Å². The molecule has 1 N–H and O–H groups in total. The van der Waals surface area contributed by atoms with E-state index in [9.17, 15) is 5.11 Å². The minimum Gasteiger partial charge on any atom is -0.508 e. The molecule has 1 unspecified atom stereocenters. The van der Waals surface area contributed by atoms with E-state index in [0.717, 1.165) is 19.5 Å². The summed E-state index contributed by atoms with van der Waals surface area (Å²) in [5, 5.41) is 9.27. The first-order valence-electron chi connectivity index (χ1n) is 4.59. The molecule has 0 spiro atoms. The summed E-state index contributed by atoms with van der Waals surface area (Å²) in [6.45, 7) is 6.37. The summed E-state index contributed by atoms with van der Waals surface area (Å²) < 4.78 is 0. The van der Waals surface area contributed by atoms with E-state index in [4.69, 9.17) is 0 Å². The quantitative estimate of drug-likeness (QED) is 0.695. The smallest absolute Gasteiger partial charge is 0.112 e. The fourth-order valence-corrected chi connectivity index (χ4v) is 1.60. The maximum atomic E-state index is 9.27. The van der Waals surface area contributed by atoms with Gasteiger partial charge in [-0.2, -0.15) is 0 Å². The Kier molecular flexibility index (Phi) is 3.35. The average molecular weight is 167 g/mol. The van der Waals surface area contributed by atoms with Gasteiger partial charge < -0.3 is 5.11 Å². The van der Waals surface area contributed by atoms with Crippen LogP contribution in [0, 0.1) is 0 Å². The number of rotatable bonds is 3. The standard InChI is InChI=1S/C10H17NO/c1-3-11(4-2)9-6-5-7-10(12)8-9/h5,7-9,12H,3-4,6H2,1-2H3. The van der Waals surface area contributed by atoms with Crippen LogP contribution in [0.2, 0.25) is 0 Å². The number of nitrogens with zero attached hydrogens (tertiary/aromatic N) is 1. The minimum absolute atomic E-state index is 0.394. The first-order chi connectivity index (χ1) is 5.77. The maximum absolute atomic E-state index is 9.27. The van der Waals surface area contributed by atoms with E-state index < -0.39 is 0 Å². The van der Waals surface area contributed by atoms with Crippen LogP contribution in [0.5, 0.6) is 0 Å². The molecule has 0 aromatic heterocycles. The van der Waals surface area contributed by atoms with Crippen LogP contribution in [0.25, 0.3) is 0 Å². The zero-order chi connectivity index (χ0) is 8.97. The molecule has 2 nitrogen and oxygen atoms in total. The van der Waals surface area contributed by atoms with E-state index in [1.807, 2.05) is 12.2 Å². The van der Waals surface area contributed by atoms with Gasteiger partial charge in [0.15, 0.2) is 0 Å². The van der Waals surface area contributed by atoms with E-state index in [2.05, 4.69) is 18.7 Å². The van der Waals surface area contributed by atoms with Crippen molar-refractivity contribution >= 4 is 0 Å². The van der Waals surface area contributed by atoms with Crippen LogP contribution in [-0.4, -0.2) is 29.1 Å². The third kappa shape index (κ3) is 2.11. The van der Waals surface area contributed by atoms with Crippen molar-refractivity contribution in [3.05, 3.63) is 24.0 Å². The molecule has 0 aromatic rings. The Bertz CT molecular complexity index is 192. The van der Waals surface area contributed by atoms with E-state index in [-0.39, 0.29) is 0 Å². The van der Waals surface area contributed by atoms with E-state index in [1.54, 1.807) is 6.08 Å². The largest absolute Gasteiger partial charge is 0.508 e. The molecule has 0 heterocycles. The fourth-order valence-electron chi connectivity index (χ4n) is 1.60. The highest BCUT2D eigenvalue weighted by molar-refractivity contribution is 5.19. The monoisotopic (exact) mass is 167 g/mol. The molecule has 0 aromatic carbocycles. The second-order valence-corrected chi connectivity index (χ2v) is 3.02. The fraction of sp³-hybridized carbons (Fsp3) is 0.600. The number of allylic oxidation sites excluding steroid dienone is 1. The second-order valence-electron chi connectivity index (χ2n) is 3.02. The number of aliphatic hydroxyl groups excluding tert-OH is 1. The molecular weight excluding hydrogens is 150 g/mol. The molecule has 1 atom stereocenters. The summed E-state index contributed by atoms with van der Waals surface area (Å²) in [5.74, 6) is 0.401. The Hall–Kier alpha value is -0.760. The third-order valence-corrected chi connectivity index (χ3v) is 2.31. The minimum atomic E-state index is 0.394. The van der Waals surface area contributed by atoms with Crippen LogP contribution in [-0.2, 0) is 0 Å². The van der Waals surface area contributed by atoms with Crippen molar-refractivity contribution in [2.75, 3.05) is 13.1 Å². The summed E-state index contributed by atoms with van der Waals surface area (Å²) in [6, 6.07) is 0.394. The van der Waals surface area contributed by atoms with Gasteiger partial charge in [0.2, 0.25) is 0 Å². The molecule has 68 valence electrons. The predicted molar refractivity (Wildman–Crippen MR) is 51.2 cm³/mol. The third-order valence-electron chi connectivity index (χ3n) is 2.31. The van der Waals surface area contributed by atoms with Crippen molar-refractivity contribution in [1.29, 1.82) is 0 Å². The first-order valence-corrected chi connectivity index (χ1v) is 4.59. The highest BCUT2D eigenvalue weighted by atomic mass is 16.3. The molecule has 0 bridgehead atoms. The van der Waals surface area contributed by atoms with Crippen molar-refractivity contribution in [1.82, 2.24) is 4.90 Å². The van der Waals surface area contributed by atoms with Gasteiger partial charge in [-0.05, 0) is 31.7 Å². The molecular formula is C10H17NO. The van der Waals surface area contributed by atoms with Crippen molar-refractivity contribution in [3.63, 3.8) is 0 Å². The topological polar surface area (TPSA) is 23.5 Å². The molecule has 0 saturated carbocycles. The van der Waals surface area contributed by atoms with Gasteiger partial charge in [-0.15, -0.1) is 0 Å². The Morgan fingerprint density at radius 1 is 1.50 bits per heavy atom. The summed E-state index contributed by atoms with van der Waals surface area (Å²) in [5.41, 5.74) is 0. The molecule has 1 rings (SSSR count). The van der Waals surface area contributed by atoms with Gasteiger partial charge in [0.25, 0.3) is 0 Å². The lowest BCUT2D eigenvalue weighted by molar-refractivity contribution is 0.247. The molecule has 0 saturated heterocycles. The van der Waals surface area contributed by atoms with Crippen LogP contribution in [0.1, 0.15) is 20.3 Å². The van der Waals surface area contributed by atoms with Gasteiger partial charge in [-0.3, -0.25) is 4.90 Å². The molecule has 0 radical (unpaired) electrons. The first kappa shape index (κ1) is 9.33. The lowest BCUT2D eigenvalue weighted by atomic mass is 10.1. The van der Waals surface area contributed by atoms with Crippen molar-refractivity contribution in [2.24, 2.45) is 0 Å². The van der Waals surface area contributed by atoms with Crippen molar-refractivity contribution in [3.8, 4) is 0 Å². The summed E-state index contributed by atoms with van der Waals surface area (Å²) in [7, 11) is 0. The predicted octanol–water partition coefficient (Wildman–Crippen LogP) is 2.10. The molecule has 0 aliphatic heterocycles. The van der Waals surface area contributed by atoms with Gasteiger partial charge in [0.05, 0.1) is 0 Å². The zero-order valence-electron chi connectivity index (χ0n) is 7.83. The Balaban J connectivity index is 2.58. The summed E-state index contributed by atoms with van der Waals surface area (Å²) in [6.07, 6.45) is 6.73. The van der Waals surface area contributed by atoms with Crippen molar-refractivity contribution < 1.29 is 5.11 Å². The normalized spacial score (nSPS) is 22.9. The number of likely N-dealkylation sites (N-methyl/N-ethyl adjacent to an activating group) is 1. The Labute approximate surface area is 74.2 Å². The van der Waals surface area contributed by atoms with Crippen LogP contribution in [0.15, 0.2) is 24.0 Å². The zero-order valence-corrected chi connectivity index (χ0v) is 7.83. The van der Waals surface area contributed by atoms with Crippen LogP contribution in [0.3, 0.4) is 0 Å². The highest BCUT2D eigenvalue weighted by Crippen LogP contribution is 2.13. The molecule has 2 heteroatoms. The lowest BCUT2D eigenvalue weighted by Gasteiger charge is -2.27. The summed E-state index contributed by atoms with van der Waals surface area (Å²) in [4.78, 5) is 2.33. The second kappa shape index (κ2) is 4.31. The molecule has 0 fully saturated rings. The SMILES string of the molecule is CCN(CC)C1C=C(O)C=CC1. The van der Waals surface area contributed by atoms with Crippen LogP contribution in [0.4, 0.5) is 0 Å². The van der Waals surface area contributed by atoms with Crippen LogP contribution >= 0.6 is 0 Å². The Morgan fingerprint density at radius 3 is 2.67 bits per heavy atom. The van der Waals surface area contributed by atoms with Crippen molar-refractivity contribution in [2.45, 2.75) is 26.3 Å². The van der Waals surface area contributed by atoms with E-state index in [0.29, 0.717) is 11.8 Å². The maximum Gasteiger partial charge on any atom is 0.112 e. The average Bonchev–Trinajstić information content (AvgIpc) is 2.07. The van der Waals surface area contributed by atoms with E-state index >= 15 is 0 Å². The lowest BCUT2D eigenvalue weighted by Crippen LogP contribution is -2.34. The van der Waals surface area contributed by atoms with E-state index in [1.165, 1.54) is 0 Å². The number of aliphatic hydroxyl groups is 1. The summed E-state index contributed by atoms with van der Waals surface area (Å²) >= 11 is 0. The molecule has 12 heavy (non-hydrogen) atoms. The molecule has 1 aliphatic rings. The molecule has 1 aliphatic carbocycles.